The Kier molecular flexibility index (Phi) is 5.34. The van der Waals surface area contributed by atoms with E-state index in [0.717, 1.165) is 29.5 Å². The number of fused-ring (bicyclic) bond motifs is 1. The third kappa shape index (κ3) is 3.96. The number of aliphatic carboxylic acids is 1. The van der Waals surface area contributed by atoms with Crippen LogP contribution in [0, 0.1) is 0 Å². The van der Waals surface area contributed by atoms with E-state index in [2.05, 4.69) is 39.8 Å². The zero-order chi connectivity index (χ0) is 20.5. The highest BCUT2D eigenvalue weighted by Gasteiger charge is 2.37. The molecular weight excluding hydrogens is 344 g/mol. The fourth-order valence-electron chi connectivity index (χ4n) is 4.13. The molecule has 0 saturated carbocycles. The SMILES string of the molecule is CC(C=Cc1ccccc1)=C(C(=O)O)c1ccc2c(c1)C(C)(C)CCC2(C)C. The number of allylic oxidation sites excluding steroid dienone is 2. The summed E-state index contributed by atoms with van der Waals surface area (Å²) in [5.41, 5.74) is 5.76. The maximum atomic E-state index is 12.1. The molecule has 28 heavy (non-hydrogen) atoms. The van der Waals surface area contributed by atoms with Gasteiger partial charge in [-0.3, -0.25) is 0 Å². The Bertz CT molecular complexity index is 944. The van der Waals surface area contributed by atoms with Gasteiger partial charge >= 0.3 is 5.97 Å². The van der Waals surface area contributed by atoms with Gasteiger partial charge in [0.15, 0.2) is 0 Å². The minimum absolute atomic E-state index is 0.0538. The summed E-state index contributed by atoms with van der Waals surface area (Å²) in [7, 11) is 0. The molecular formula is C26H30O2. The first-order valence-electron chi connectivity index (χ1n) is 9.94. The number of hydrogen-bond donors (Lipinski definition) is 1. The standard InChI is InChI=1S/C26H30O2/c1-18(11-12-19-9-7-6-8-10-19)23(24(27)28)20-13-14-21-22(17-20)26(4,5)16-15-25(21,2)3/h6-14,17H,15-16H2,1-5H3,(H,27,28). The number of benzene rings is 2. The summed E-state index contributed by atoms with van der Waals surface area (Å²) in [6, 6.07) is 16.2. The van der Waals surface area contributed by atoms with Gasteiger partial charge in [-0.2, -0.15) is 0 Å². The molecule has 0 radical (unpaired) electrons. The Hall–Kier alpha value is -2.61. The van der Waals surface area contributed by atoms with E-state index in [0.29, 0.717) is 5.57 Å². The summed E-state index contributed by atoms with van der Waals surface area (Å²) in [5, 5.41) is 9.94. The van der Waals surface area contributed by atoms with Crippen molar-refractivity contribution in [3.8, 4) is 0 Å². The molecule has 0 unspecified atom stereocenters. The van der Waals surface area contributed by atoms with E-state index < -0.39 is 5.97 Å². The van der Waals surface area contributed by atoms with Gasteiger partial charge in [0, 0.05) is 0 Å². The van der Waals surface area contributed by atoms with Gasteiger partial charge in [-0.1, -0.05) is 88.4 Å². The van der Waals surface area contributed by atoms with Crippen LogP contribution >= 0.6 is 0 Å². The van der Waals surface area contributed by atoms with Gasteiger partial charge in [0.25, 0.3) is 0 Å². The molecule has 0 aliphatic heterocycles. The highest BCUT2D eigenvalue weighted by Crippen LogP contribution is 2.46. The fourth-order valence-corrected chi connectivity index (χ4v) is 4.13. The lowest BCUT2D eigenvalue weighted by molar-refractivity contribution is -0.130. The van der Waals surface area contributed by atoms with Crippen LogP contribution in [0.5, 0.6) is 0 Å². The van der Waals surface area contributed by atoms with Gasteiger partial charge in [0.05, 0.1) is 5.57 Å². The minimum Gasteiger partial charge on any atom is -0.478 e. The number of carbonyl (C=O) groups is 1. The van der Waals surface area contributed by atoms with Crippen molar-refractivity contribution < 1.29 is 9.90 Å². The van der Waals surface area contributed by atoms with E-state index in [1.165, 1.54) is 11.1 Å². The van der Waals surface area contributed by atoms with E-state index in [1.807, 2.05) is 55.5 Å². The number of carboxylic acids is 1. The molecule has 0 fully saturated rings. The number of rotatable bonds is 4. The van der Waals surface area contributed by atoms with Crippen LogP contribution in [-0.4, -0.2) is 11.1 Å². The number of hydrogen-bond acceptors (Lipinski definition) is 1. The fraction of sp³-hybridized carbons (Fsp3) is 0.346. The van der Waals surface area contributed by atoms with Gasteiger partial charge < -0.3 is 5.11 Å². The van der Waals surface area contributed by atoms with Crippen molar-refractivity contribution in [2.45, 2.75) is 58.3 Å². The van der Waals surface area contributed by atoms with Crippen LogP contribution in [0.25, 0.3) is 11.6 Å². The second-order valence-electron chi connectivity index (χ2n) is 9.14. The van der Waals surface area contributed by atoms with Crippen molar-refractivity contribution in [1.82, 2.24) is 0 Å². The molecule has 3 rings (SSSR count). The second kappa shape index (κ2) is 7.43. The second-order valence-corrected chi connectivity index (χ2v) is 9.14. The smallest absolute Gasteiger partial charge is 0.336 e. The monoisotopic (exact) mass is 374 g/mol. The summed E-state index contributed by atoms with van der Waals surface area (Å²) in [4.78, 5) is 12.1. The summed E-state index contributed by atoms with van der Waals surface area (Å²) < 4.78 is 0. The van der Waals surface area contributed by atoms with Gasteiger partial charge in [-0.05, 0) is 58.4 Å². The van der Waals surface area contributed by atoms with Gasteiger partial charge in [-0.25, -0.2) is 4.79 Å². The Balaban J connectivity index is 2.09. The first-order valence-corrected chi connectivity index (χ1v) is 9.94. The molecule has 0 bridgehead atoms. The van der Waals surface area contributed by atoms with Crippen LogP contribution in [0.15, 0.2) is 60.2 Å². The predicted molar refractivity (Wildman–Crippen MR) is 117 cm³/mol. The zero-order valence-corrected chi connectivity index (χ0v) is 17.5. The zero-order valence-electron chi connectivity index (χ0n) is 17.5. The lowest BCUT2D eigenvalue weighted by Crippen LogP contribution is -2.33. The van der Waals surface area contributed by atoms with Crippen LogP contribution < -0.4 is 0 Å². The van der Waals surface area contributed by atoms with Gasteiger partial charge in [0.1, 0.15) is 0 Å². The molecule has 0 amide bonds. The Morgan fingerprint density at radius 3 is 2.14 bits per heavy atom. The highest BCUT2D eigenvalue weighted by atomic mass is 16.4. The quantitative estimate of drug-likeness (QED) is 0.483. The normalized spacial score (nSPS) is 18.5. The molecule has 1 aliphatic carbocycles. The Labute approximate surface area is 168 Å². The lowest BCUT2D eigenvalue weighted by atomic mass is 9.63. The molecule has 0 spiro atoms. The molecule has 2 nitrogen and oxygen atoms in total. The van der Waals surface area contributed by atoms with E-state index in [1.54, 1.807) is 0 Å². The molecule has 146 valence electrons. The molecule has 2 heteroatoms. The molecule has 0 heterocycles. The molecule has 1 N–H and O–H groups in total. The predicted octanol–water partition coefficient (Wildman–Crippen LogP) is 6.61. The Morgan fingerprint density at radius 1 is 0.929 bits per heavy atom. The minimum atomic E-state index is -0.886. The molecule has 2 aromatic rings. The van der Waals surface area contributed by atoms with Crippen molar-refractivity contribution >= 4 is 17.6 Å². The van der Waals surface area contributed by atoms with Crippen molar-refractivity contribution in [1.29, 1.82) is 0 Å². The van der Waals surface area contributed by atoms with E-state index in [9.17, 15) is 9.90 Å². The summed E-state index contributed by atoms with van der Waals surface area (Å²) in [6.07, 6.45) is 6.11. The van der Waals surface area contributed by atoms with Crippen LogP contribution in [0.3, 0.4) is 0 Å². The van der Waals surface area contributed by atoms with Crippen molar-refractivity contribution in [3.63, 3.8) is 0 Å². The van der Waals surface area contributed by atoms with Gasteiger partial charge in [-0.15, -0.1) is 0 Å². The molecule has 0 saturated heterocycles. The first kappa shape index (κ1) is 20.1. The molecule has 1 aliphatic rings. The largest absolute Gasteiger partial charge is 0.478 e. The van der Waals surface area contributed by atoms with Crippen LogP contribution in [0.4, 0.5) is 0 Å². The van der Waals surface area contributed by atoms with E-state index >= 15 is 0 Å². The lowest BCUT2D eigenvalue weighted by Gasteiger charge is -2.42. The molecule has 0 aromatic heterocycles. The molecule has 0 atom stereocenters. The highest BCUT2D eigenvalue weighted by molar-refractivity contribution is 6.17. The maximum Gasteiger partial charge on any atom is 0.336 e. The first-order chi connectivity index (χ1) is 13.1. The third-order valence-corrected chi connectivity index (χ3v) is 6.08. The van der Waals surface area contributed by atoms with Gasteiger partial charge in [0.2, 0.25) is 0 Å². The molecule has 2 aromatic carbocycles. The third-order valence-electron chi connectivity index (χ3n) is 6.08. The van der Waals surface area contributed by atoms with Crippen LogP contribution in [0.2, 0.25) is 0 Å². The van der Waals surface area contributed by atoms with E-state index in [4.69, 9.17) is 0 Å². The van der Waals surface area contributed by atoms with Crippen molar-refractivity contribution in [2.75, 3.05) is 0 Å². The topological polar surface area (TPSA) is 37.3 Å². The van der Waals surface area contributed by atoms with E-state index in [-0.39, 0.29) is 10.8 Å². The van der Waals surface area contributed by atoms with Crippen molar-refractivity contribution in [2.24, 2.45) is 0 Å². The summed E-state index contributed by atoms with van der Waals surface area (Å²) in [6.45, 7) is 11.0. The Morgan fingerprint density at radius 2 is 1.54 bits per heavy atom. The van der Waals surface area contributed by atoms with Crippen LogP contribution in [0.1, 0.15) is 69.7 Å². The van der Waals surface area contributed by atoms with Crippen LogP contribution in [-0.2, 0) is 15.6 Å². The average molecular weight is 375 g/mol. The van der Waals surface area contributed by atoms with Crippen molar-refractivity contribution in [3.05, 3.63) is 82.4 Å². The summed E-state index contributed by atoms with van der Waals surface area (Å²) in [5.74, 6) is -0.886. The number of carboxylic acid groups (broad SMARTS) is 1. The summed E-state index contributed by atoms with van der Waals surface area (Å²) >= 11 is 0. The maximum absolute atomic E-state index is 12.1. The average Bonchev–Trinajstić information content (AvgIpc) is 2.65.